The van der Waals surface area contributed by atoms with E-state index in [-0.39, 0.29) is 12.0 Å². The first-order valence-corrected chi connectivity index (χ1v) is 4.60. The van der Waals surface area contributed by atoms with Crippen LogP contribution in [0.25, 0.3) is 0 Å². The number of nitrogens with zero attached hydrogens (tertiary/aromatic N) is 3. The van der Waals surface area contributed by atoms with Crippen molar-refractivity contribution in [1.82, 2.24) is 20.3 Å². The molecule has 2 rings (SSSR count). The molecule has 0 bridgehead atoms. The molecule has 2 unspecified atom stereocenters. The van der Waals surface area contributed by atoms with E-state index in [0.717, 1.165) is 18.8 Å². The maximum atomic E-state index is 9.65. The van der Waals surface area contributed by atoms with Crippen LogP contribution in [-0.2, 0) is 6.54 Å². The molecule has 1 aliphatic rings. The van der Waals surface area contributed by atoms with Crippen LogP contribution in [0.3, 0.4) is 0 Å². The van der Waals surface area contributed by atoms with E-state index in [1.165, 1.54) is 0 Å². The standard InChI is InChI=1S/C8H14N4O/c1-2-12-7(4-10-11-12)6-3-9-5-8(6)13/h4,6,8-9,13H,2-3,5H2,1H3. The van der Waals surface area contributed by atoms with Crippen LogP contribution in [0.1, 0.15) is 18.5 Å². The molecule has 5 nitrogen and oxygen atoms in total. The first-order valence-electron chi connectivity index (χ1n) is 4.60. The van der Waals surface area contributed by atoms with E-state index in [0.29, 0.717) is 6.54 Å². The first kappa shape index (κ1) is 8.65. The summed E-state index contributed by atoms with van der Waals surface area (Å²) in [6.07, 6.45) is 1.44. The predicted molar refractivity (Wildman–Crippen MR) is 47.3 cm³/mol. The van der Waals surface area contributed by atoms with Gasteiger partial charge in [0.05, 0.1) is 18.0 Å². The maximum Gasteiger partial charge on any atom is 0.0760 e. The largest absolute Gasteiger partial charge is 0.391 e. The van der Waals surface area contributed by atoms with E-state index in [1.807, 2.05) is 11.6 Å². The Balaban J connectivity index is 2.23. The molecule has 2 heterocycles. The number of aromatic nitrogens is 3. The van der Waals surface area contributed by atoms with Crippen molar-refractivity contribution in [2.24, 2.45) is 0 Å². The van der Waals surface area contributed by atoms with Crippen LogP contribution in [0.2, 0.25) is 0 Å². The van der Waals surface area contributed by atoms with Crippen LogP contribution in [-0.4, -0.2) is 39.3 Å². The summed E-state index contributed by atoms with van der Waals surface area (Å²) in [7, 11) is 0. The third-order valence-corrected chi connectivity index (χ3v) is 2.51. The molecule has 0 saturated carbocycles. The fraction of sp³-hybridized carbons (Fsp3) is 0.750. The first-order chi connectivity index (χ1) is 6.33. The lowest BCUT2D eigenvalue weighted by Crippen LogP contribution is -2.19. The van der Waals surface area contributed by atoms with Crippen LogP contribution in [0, 0.1) is 0 Å². The summed E-state index contributed by atoms with van der Waals surface area (Å²) in [6, 6.07) is 0. The van der Waals surface area contributed by atoms with Crippen molar-refractivity contribution in [3.8, 4) is 0 Å². The number of rotatable bonds is 2. The van der Waals surface area contributed by atoms with Gasteiger partial charge in [0.2, 0.25) is 0 Å². The highest BCUT2D eigenvalue weighted by Gasteiger charge is 2.29. The average Bonchev–Trinajstić information content (AvgIpc) is 2.71. The number of hydrogen-bond donors (Lipinski definition) is 2. The number of aryl methyl sites for hydroxylation is 1. The van der Waals surface area contributed by atoms with Crippen LogP contribution in [0.15, 0.2) is 6.20 Å². The zero-order chi connectivity index (χ0) is 9.26. The molecule has 1 aliphatic heterocycles. The number of hydrogen-bond acceptors (Lipinski definition) is 4. The molecule has 1 aromatic rings. The molecule has 0 spiro atoms. The van der Waals surface area contributed by atoms with Crippen molar-refractivity contribution in [3.63, 3.8) is 0 Å². The van der Waals surface area contributed by atoms with E-state index in [4.69, 9.17) is 0 Å². The monoisotopic (exact) mass is 182 g/mol. The predicted octanol–water partition coefficient (Wildman–Crippen LogP) is -0.654. The van der Waals surface area contributed by atoms with Gasteiger partial charge in [-0.15, -0.1) is 5.10 Å². The highest BCUT2D eigenvalue weighted by molar-refractivity contribution is 5.10. The highest BCUT2D eigenvalue weighted by atomic mass is 16.3. The molecule has 13 heavy (non-hydrogen) atoms. The molecule has 2 atom stereocenters. The fourth-order valence-electron chi connectivity index (χ4n) is 1.77. The lowest BCUT2D eigenvalue weighted by atomic mass is 10.0. The molecule has 1 fully saturated rings. The minimum atomic E-state index is -0.302. The number of aliphatic hydroxyl groups is 1. The van der Waals surface area contributed by atoms with Gasteiger partial charge in [-0.2, -0.15) is 0 Å². The molecule has 5 heteroatoms. The second-order valence-corrected chi connectivity index (χ2v) is 3.31. The van der Waals surface area contributed by atoms with Crippen molar-refractivity contribution >= 4 is 0 Å². The van der Waals surface area contributed by atoms with Gasteiger partial charge in [-0.05, 0) is 6.92 Å². The Kier molecular flexibility index (Phi) is 2.28. The third kappa shape index (κ3) is 1.45. The number of aliphatic hydroxyl groups excluding tert-OH is 1. The Hall–Kier alpha value is -0.940. The Bertz CT molecular complexity index is 285. The molecule has 2 N–H and O–H groups in total. The summed E-state index contributed by atoms with van der Waals surface area (Å²) in [5.41, 5.74) is 1.03. The van der Waals surface area contributed by atoms with Crippen LogP contribution in [0.4, 0.5) is 0 Å². The second-order valence-electron chi connectivity index (χ2n) is 3.31. The van der Waals surface area contributed by atoms with Crippen molar-refractivity contribution in [2.45, 2.75) is 25.5 Å². The zero-order valence-electron chi connectivity index (χ0n) is 7.64. The topological polar surface area (TPSA) is 63.0 Å². The quantitative estimate of drug-likeness (QED) is 0.637. The van der Waals surface area contributed by atoms with Crippen molar-refractivity contribution in [3.05, 3.63) is 11.9 Å². The summed E-state index contributed by atoms with van der Waals surface area (Å²) in [5, 5.41) is 20.6. The second kappa shape index (κ2) is 3.43. The maximum absolute atomic E-state index is 9.65. The molecule has 72 valence electrons. The van der Waals surface area contributed by atoms with Gasteiger partial charge in [-0.1, -0.05) is 5.21 Å². The summed E-state index contributed by atoms with van der Waals surface area (Å²) in [6.45, 7) is 4.31. The molecule has 0 amide bonds. The van der Waals surface area contributed by atoms with E-state index in [1.54, 1.807) is 6.20 Å². The van der Waals surface area contributed by atoms with Gasteiger partial charge in [0.25, 0.3) is 0 Å². The molecule has 1 aromatic heterocycles. The summed E-state index contributed by atoms with van der Waals surface area (Å²) in [5.74, 6) is 0.148. The minimum absolute atomic E-state index is 0.148. The van der Waals surface area contributed by atoms with Crippen molar-refractivity contribution in [2.75, 3.05) is 13.1 Å². The molecular weight excluding hydrogens is 168 g/mol. The van der Waals surface area contributed by atoms with Gasteiger partial charge in [0, 0.05) is 25.6 Å². The van der Waals surface area contributed by atoms with Crippen LogP contribution in [0.5, 0.6) is 0 Å². The Morgan fingerprint density at radius 3 is 3.15 bits per heavy atom. The van der Waals surface area contributed by atoms with Crippen LogP contribution < -0.4 is 5.32 Å². The average molecular weight is 182 g/mol. The Morgan fingerprint density at radius 1 is 1.69 bits per heavy atom. The van der Waals surface area contributed by atoms with Gasteiger partial charge in [-0.25, -0.2) is 4.68 Å². The Labute approximate surface area is 76.8 Å². The van der Waals surface area contributed by atoms with E-state index in [9.17, 15) is 5.11 Å². The summed E-state index contributed by atoms with van der Waals surface area (Å²) in [4.78, 5) is 0. The summed E-state index contributed by atoms with van der Waals surface area (Å²) < 4.78 is 1.83. The SMILES string of the molecule is CCn1nncc1C1CNCC1O. The van der Waals surface area contributed by atoms with Gasteiger partial charge >= 0.3 is 0 Å². The molecule has 0 aromatic carbocycles. The summed E-state index contributed by atoms with van der Waals surface area (Å²) >= 11 is 0. The molecule has 0 aliphatic carbocycles. The van der Waals surface area contributed by atoms with Gasteiger partial charge in [0.1, 0.15) is 0 Å². The van der Waals surface area contributed by atoms with E-state index in [2.05, 4.69) is 15.6 Å². The zero-order valence-corrected chi connectivity index (χ0v) is 7.64. The highest BCUT2D eigenvalue weighted by Crippen LogP contribution is 2.21. The Morgan fingerprint density at radius 2 is 2.54 bits per heavy atom. The lowest BCUT2D eigenvalue weighted by molar-refractivity contribution is 0.174. The van der Waals surface area contributed by atoms with Gasteiger partial charge in [0.15, 0.2) is 0 Å². The van der Waals surface area contributed by atoms with E-state index < -0.39 is 0 Å². The third-order valence-electron chi connectivity index (χ3n) is 2.51. The van der Waals surface area contributed by atoms with Crippen molar-refractivity contribution < 1.29 is 5.11 Å². The lowest BCUT2D eigenvalue weighted by Gasteiger charge is -2.13. The minimum Gasteiger partial charge on any atom is -0.391 e. The van der Waals surface area contributed by atoms with E-state index >= 15 is 0 Å². The van der Waals surface area contributed by atoms with Crippen LogP contribution >= 0.6 is 0 Å². The molecule has 1 saturated heterocycles. The van der Waals surface area contributed by atoms with Crippen molar-refractivity contribution in [1.29, 1.82) is 0 Å². The van der Waals surface area contributed by atoms with Gasteiger partial charge < -0.3 is 10.4 Å². The fourth-order valence-corrected chi connectivity index (χ4v) is 1.77. The number of β-amino-alcohol motifs (C(OH)–C–C–N with tert-alkyl or cyclic N) is 1. The molecule has 0 radical (unpaired) electrons. The van der Waals surface area contributed by atoms with Gasteiger partial charge in [-0.3, -0.25) is 0 Å². The smallest absolute Gasteiger partial charge is 0.0760 e. The number of nitrogens with one attached hydrogen (secondary N) is 1. The normalized spacial score (nSPS) is 28.2. The molecular formula is C8H14N4O.